The van der Waals surface area contributed by atoms with Gasteiger partial charge in [0.15, 0.2) is 5.82 Å². The Hall–Kier alpha value is -2.90. The minimum Gasteiger partial charge on any atom is -0.399 e. The molecule has 0 saturated heterocycles. The summed E-state index contributed by atoms with van der Waals surface area (Å²) in [4.78, 5) is 27.6. The molecule has 2 heterocycles. The van der Waals surface area contributed by atoms with Crippen LogP contribution in [0.1, 0.15) is 49.1 Å². The van der Waals surface area contributed by atoms with Crippen LogP contribution in [0.3, 0.4) is 0 Å². The molecule has 0 amide bonds. The average molecular weight is 354 g/mol. The molecule has 0 spiro atoms. The molecule has 0 saturated carbocycles. The molecule has 1 aliphatic carbocycles. The average Bonchev–Trinajstić information content (AvgIpc) is 2.69. The van der Waals surface area contributed by atoms with Gasteiger partial charge in [-0.25, -0.2) is 19.9 Å². The lowest BCUT2D eigenvalue weighted by atomic mass is 9.95. The third kappa shape index (κ3) is 4.59. The number of nitrogens with zero attached hydrogens (tertiary/aromatic N) is 6. The van der Waals surface area contributed by atoms with Gasteiger partial charge in [-0.05, 0) is 44.2 Å². The van der Waals surface area contributed by atoms with Crippen LogP contribution in [0, 0.1) is 0 Å². The van der Waals surface area contributed by atoms with Crippen LogP contribution in [0.25, 0.3) is 0 Å². The first kappa shape index (κ1) is 17.9. The normalized spacial score (nSPS) is 15.6. The summed E-state index contributed by atoms with van der Waals surface area (Å²) in [5.74, 6) is 1.35. The molecule has 8 nitrogen and oxygen atoms in total. The minimum atomic E-state index is 0.476. The largest absolute Gasteiger partial charge is 0.399 e. The second-order valence-corrected chi connectivity index (χ2v) is 5.92. The van der Waals surface area contributed by atoms with E-state index < -0.39 is 0 Å². The Morgan fingerprint density at radius 3 is 2.85 bits per heavy atom. The zero-order valence-corrected chi connectivity index (χ0v) is 15.1. The molecular formula is C18H22N6O2. The summed E-state index contributed by atoms with van der Waals surface area (Å²) in [7, 11) is 1.56. The first-order valence-corrected chi connectivity index (χ1v) is 8.67. The van der Waals surface area contributed by atoms with Crippen molar-refractivity contribution in [3.8, 4) is 0 Å². The van der Waals surface area contributed by atoms with Crippen molar-refractivity contribution < 1.29 is 9.68 Å². The Labute approximate surface area is 152 Å². The Bertz CT molecular complexity index is 792. The van der Waals surface area contributed by atoms with Crippen molar-refractivity contribution in [3.63, 3.8) is 0 Å². The Kier molecular flexibility index (Phi) is 6.19. The van der Waals surface area contributed by atoms with Crippen LogP contribution >= 0.6 is 0 Å². The number of fused-ring (bicyclic) bond motifs is 1. The standard InChI is InChI=1S/C18H22N6O2/c1-13(18-19-9-5-10-20-18)23-26-11-4-8-16-21-12-14-6-3-7-15(24-25-2)17(14)22-16/h5,9-10,12H,3-4,6-8,11H2,1-2H3/b23-13+,24-15+. The molecule has 0 bridgehead atoms. The molecule has 8 heteroatoms. The molecule has 136 valence electrons. The van der Waals surface area contributed by atoms with E-state index in [2.05, 4.69) is 30.2 Å². The molecule has 26 heavy (non-hydrogen) atoms. The van der Waals surface area contributed by atoms with Gasteiger partial charge in [0.1, 0.15) is 31.0 Å². The molecule has 2 aromatic heterocycles. The van der Waals surface area contributed by atoms with Crippen molar-refractivity contribution in [2.75, 3.05) is 13.7 Å². The molecule has 0 atom stereocenters. The zero-order chi connectivity index (χ0) is 18.2. The Morgan fingerprint density at radius 1 is 1.19 bits per heavy atom. The topological polar surface area (TPSA) is 94.7 Å². The van der Waals surface area contributed by atoms with Gasteiger partial charge in [0, 0.05) is 25.0 Å². The van der Waals surface area contributed by atoms with Crippen molar-refractivity contribution in [1.82, 2.24) is 19.9 Å². The molecule has 3 rings (SSSR count). The van der Waals surface area contributed by atoms with Crippen molar-refractivity contribution in [1.29, 1.82) is 0 Å². The fourth-order valence-corrected chi connectivity index (χ4v) is 2.72. The van der Waals surface area contributed by atoms with E-state index in [0.717, 1.165) is 48.5 Å². The fourth-order valence-electron chi connectivity index (χ4n) is 2.72. The van der Waals surface area contributed by atoms with Crippen molar-refractivity contribution in [2.45, 2.75) is 39.0 Å². The van der Waals surface area contributed by atoms with Crippen LogP contribution in [0.5, 0.6) is 0 Å². The van der Waals surface area contributed by atoms with Gasteiger partial charge in [-0.3, -0.25) is 0 Å². The van der Waals surface area contributed by atoms with E-state index in [1.54, 1.807) is 25.6 Å². The second-order valence-electron chi connectivity index (χ2n) is 5.92. The first-order chi connectivity index (χ1) is 12.8. The highest BCUT2D eigenvalue weighted by Crippen LogP contribution is 2.20. The van der Waals surface area contributed by atoms with E-state index in [1.807, 2.05) is 13.1 Å². The maximum atomic E-state index is 5.35. The molecule has 2 aromatic rings. The Morgan fingerprint density at radius 2 is 2.04 bits per heavy atom. The van der Waals surface area contributed by atoms with Crippen LogP contribution in [-0.4, -0.2) is 45.1 Å². The van der Waals surface area contributed by atoms with E-state index >= 15 is 0 Å². The number of rotatable bonds is 7. The lowest BCUT2D eigenvalue weighted by molar-refractivity contribution is 0.141. The molecule has 0 radical (unpaired) electrons. The van der Waals surface area contributed by atoms with E-state index in [4.69, 9.17) is 9.68 Å². The summed E-state index contributed by atoms with van der Waals surface area (Å²) in [6.07, 6.45) is 9.65. The number of hydrogen-bond donors (Lipinski definition) is 0. The van der Waals surface area contributed by atoms with E-state index in [1.165, 1.54) is 0 Å². The van der Waals surface area contributed by atoms with Gasteiger partial charge in [-0.1, -0.05) is 10.3 Å². The summed E-state index contributed by atoms with van der Waals surface area (Å²) >= 11 is 0. The van der Waals surface area contributed by atoms with Crippen molar-refractivity contribution >= 4 is 11.4 Å². The fraction of sp³-hybridized carbons (Fsp3) is 0.444. The highest BCUT2D eigenvalue weighted by Gasteiger charge is 2.18. The van der Waals surface area contributed by atoms with Crippen LogP contribution in [0.15, 0.2) is 35.0 Å². The summed E-state index contributed by atoms with van der Waals surface area (Å²) in [6.45, 7) is 2.29. The van der Waals surface area contributed by atoms with Gasteiger partial charge in [-0.15, -0.1) is 0 Å². The summed E-state index contributed by atoms with van der Waals surface area (Å²) < 4.78 is 0. The van der Waals surface area contributed by atoms with E-state index in [9.17, 15) is 0 Å². The molecule has 0 fully saturated rings. The Balaban J connectivity index is 1.53. The highest BCUT2D eigenvalue weighted by molar-refractivity contribution is 6.00. The minimum absolute atomic E-state index is 0.476. The van der Waals surface area contributed by atoms with Gasteiger partial charge in [-0.2, -0.15) is 0 Å². The molecule has 0 aliphatic heterocycles. The van der Waals surface area contributed by atoms with Gasteiger partial charge in [0.25, 0.3) is 0 Å². The number of oxime groups is 2. The maximum Gasteiger partial charge on any atom is 0.176 e. The molecule has 0 unspecified atom stereocenters. The van der Waals surface area contributed by atoms with Crippen LogP contribution in [0.2, 0.25) is 0 Å². The van der Waals surface area contributed by atoms with Crippen LogP contribution < -0.4 is 0 Å². The van der Waals surface area contributed by atoms with Gasteiger partial charge in [0.2, 0.25) is 0 Å². The number of aryl methyl sites for hydroxylation is 2. The second kappa shape index (κ2) is 8.98. The van der Waals surface area contributed by atoms with Crippen molar-refractivity contribution in [3.05, 3.63) is 47.6 Å². The summed E-state index contributed by atoms with van der Waals surface area (Å²) in [5, 5.41) is 8.14. The molecule has 0 N–H and O–H groups in total. The predicted molar refractivity (Wildman–Crippen MR) is 97.0 cm³/mol. The zero-order valence-electron chi connectivity index (χ0n) is 15.1. The summed E-state index contributed by atoms with van der Waals surface area (Å²) in [5.41, 5.74) is 3.60. The van der Waals surface area contributed by atoms with Crippen molar-refractivity contribution in [2.24, 2.45) is 10.3 Å². The number of aromatic nitrogens is 4. The third-order valence-corrected chi connectivity index (χ3v) is 3.98. The smallest absolute Gasteiger partial charge is 0.176 e. The monoisotopic (exact) mass is 354 g/mol. The lowest BCUT2D eigenvalue weighted by Crippen LogP contribution is -2.17. The lowest BCUT2D eigenvalue weighted by Gasteiger charge is -2.16. The maximum absolute atomic E-state index is 5.35. The number of hydrogen-bond acceptors (Lipinski definition) is 8. The summed E-state index contributed by atoms with van der Waals surface area (Å²) in [6, 6.07) is 1.76. The SMILES string of the molecule is CO/N=C1\CCCc2cnc(CCCO/N=C(\C)c3ncccn3)nc21. The van der Waals surface area contributed by atoms with Crippen LogP contribution in [-0.2, 0) is 22.5 Å². The van der Waals surface area contributed by atoms with Gasteiger partial charge in [0.05, 0.1) is 5.69 Å². The van der Waals surface area contributed by atoms with Gasteiger partial charge < -0.3 is 9.68 Å². The van der Waals surface area contributed by atoms with E-state index in [0.29, 0.717) is 24.6 Å². The predicted octanol–water partition coefficient (Wildman–Crippen LogP) is 2.33. The molecule has 0 aromatic carbocycles. The van der Waals surface area contributed by atoms with Crippen LogP contribution in [0.4, 0.5) is 0 Å². The first-order valence-electron chi connectivity index (χ1n) is 8.67. The molecule has 1 aliphatic rings. The third-order valence-electron chi connectivity index (χ3n) is 3.98. The van der Waals surface area contributed by atoms with E-state index in [-0.39, 0.29) is 0 Å². The molecular weight excluding hydrogens is 332 g/mol. The highest BCUT2D eigenvalue weighted by atomic mass is 16.6. The quantitative estimate of drug-likeness (QED) is 0.430. The van der Waals surface area contributed by atoms with Gasteiger partial charge >= 0.3 is 0 Å².